The van der Waals surface area contributed by atoms with E-state index in [1.807, 2.05) is 0 Å². The minimum absolute atomic E-state index is 0.0322. The second-order valence-electron chi connectivity index (χ2n) is 22.1. The molecular formula is C58H58N3OSb. The summed E-state index contributed by atoms with van der Waals surface area (Å²) in [7, 11) is 0. The monoisotopic (exact) mass is 933 g/mol. The van der Waals surface area contributed by atoms with E-state index < -0.39 is 20.2 Å². The molecule has 1 aromatic heterocycles. The number of aromatic nitrogens is 1. The van der Waals surface area contributed by atoms with Crippen LogP contribution in [-0.2, 0) is 21.7 Å². The van der Waals surface area contributed by atoms with Crippen molar-refractivity contribution in [1.82, 2.24) is 4.57 Å². The van der Waals surface area contributed by atoms with Gasteiger partial charge in [0.25, 0.3) is 0 Å². The van der Waals surface area contributed by atoms with Crippen LogP contribution in [0.5, 0.6) is 11.5 Å². The van der Waals surface area contributed by atoms with Crippen molar-refractivity contribution in [2.75, 3.05) is 9.80 Å². The molecule has 0 amide bonds. The van der Waals surface area contributed by atoms with Crippen LogP contribution in [0.3, 0.4) is 0 Å². The Morgan fingerprint density at radius 2 is 0.730 bits per heavy atom. The predicted molar refractivity (Wildman–Crippen MR) is 270 cm³/mol. The summed E-state index contributed by atoms with van der Waals surface area (Å²) in [6.45, 7) is 27.8. The van der Waals surface area contributed by atoms with Gasteiger partial charge in [0, 0.05) is 0 Å². The Kier molecular flexibility index (Phi) is 8.67. The molecule has 0 atom stereocenters. The summed E-state index contributed by atoms with van der Waals surface area (Å²) in [5, 5.41) is 2.53. The number of ether oxygens (including phenoxy) is 1. The van der Waals surface area contributed by atoms with Crippen LogP contribution in [0.1, 0.15) is 105 Å². The molecule has 316 valence electrons. The third kappa shape index (κ3) is 6.22. The summed E-state index contributed by atoms with van der Waals surface area (Å²) in [6, 6.07) is 51.4. The van der Waals surface area contributed by atoms with Crippen LogP contribution >= 0.6 is 0 Å². The van der Waals surface area contributed by atoms with E-state index in [0.717, 1.165) is 17.2 Å². The van der Waals surface area contributed by atoms with Crippen LogP contribution in [0, 0.1) is 0 Å². The fraction of sp³-hybridized carbons (Fsp3) is 0.276. The van der Waals surface area contributed by atoms with Gasteiger partial charge in [-0.05, 0) is 0 Å². The Hall–Kier alpha value is -5.44. The van der Waals surface area contributed by atoms with E-state index in [0.29, 0.717) is 0 Å². The Morgan fingerprint density at radius 1 is 0.365 bits per heavy atom. The van der Waals surface area contributed by atoms with Crippen molar-refractivity contribution in [3.8, 4) is 17.2 Å². The Balaban J connectivity index is 1.31. The molecule has 0 unspecified atom stereocenters. The predicted octanol–water partition coefficient (Wildman–Crippen LogP) is 14.2. The number of hydrogen-bond donors (Lipinski definition) is 0. The van der Waals surface area contributed by atoms with E-state index in [-0.39, 0.29) is 21.7 Å². The Morgan fingerprint density at radius 3 is 1.11 bits per heavy atom. The molecule has 0 fully saturated rings. The van der Waals surface area contributed by atoms with E-state index >= 15 is 0 Å². The number of nitrogens with zero attached hydrogens (tertiary/aromatic N) is 3. The topological polar surface area (TPSA) is 20.6 Å². The summed E-state index contributed by atoms with van der Waals surface area (Å²) in [6.07, 6.45) is 0. The Bertz CT molecular complexity index is 2970. The number of rotatable bonds is 3. The first-order valence-electron chi connectivity index (χ1n) is 22.6. The van der Waals surface area contributed by atoms with Crippen molar-refractivity contribution in [1.29, 1.82) is 0 Å². The maximum atomic E-state index is 7.38. The van der Waals surface area contributed by atoms with Crippen LogP contribution in [0.4, 0.5) is 34.1 Å². The van der Waals surface area contributed by atoms with Crippen LogP contribution in [0.25, 0.3) is 27.5 Å². The van der Waals surface area contributed by atoms with Gasteiger partial charge in [-0.3, -0.25) is 0 Å². The van der Waals surface area contributed by atoms with Gasteiger partial charge in [0.1, 0.15) is 0 Å². The fourth-order valence-electron chi connectivity index (χ4n) is 9.98. The second-order valence-corrected chi connectivity index (χ2v) is 27.8. The molecule has 0 radical (unpaired) electrons. The molecule has 4 heterocycles. The summed E-state index contributed by atoms with van der Waals surface area (Å²) >= 11 is -2.87. The molecule has 63 heavy (non-hydrogen) atoms. The van der Waals surface area contributed by atoms with Gasteiger partial charge in [0.15, 0.2) is 0 Å². The molecule has 0 spiro atoms. The van der Waals surface area contributed by atoms with Crippen molar-refractivity contribution >= 4 is 86.7 Å². The van der Waals surface area contributed by atoms with Gasteiger partial charge in [0.05, 0.1) is 0 Å². The van der Waals surface area contributed by atoms with Crippen LogP contribution in [0.2, 0.25) is 0 Å². The molecule has 7 aromatic carbocycles. The summed E-state index contributed by atoms with van der Waals surface area (Å²) in [5.41, 5.74) is 16.1. The quantitative estimate of drug-likeness (QED) is 0.165. The summed E-state index contributed by atoms with van der Waals surface area (Å²) < 4.78 is 14.2. The van der Waals surface area contributed by atoms with E-state index in [4.69, 9.17) is 4.74 Å². The first-order valence-corrected chi connectivity index (χ1v) is 26.4. The van der Waals surface area contributed by atoms with Crippen molar-refractivity contribution in [3.05, 3.63) is 156 Å². The zero-order valence-electron chi connectivity index (χ0n) is 38.9. The van der Waals surface area contributed by atoms with Gasteiger partial charge in [0.2, 0.25) is 0 Å². The zero-order chi connectivity index (χ0) is 44.1. The first-order chi connectivity index (χ1) is 29.8. The number of benzene rings is 7. The standard InChI is InChI=1S/C58H58N3O.Sb/c1-55(2,3)38-21-25-42(26-22-38)59-44-29-40(57(7,8)9)31-49(36-44)62-50-32-41(58(10,11)12)30-45(37-50)60(43-27-23-39(24-28-43)56(4,5)6)47-33-46(59)34-48(35-47)61-53-19-15-13-17-51(53)52-18-14-16-20-54(52)61;/h13-32,34-35H,1-12H3;. The van der Waals surface area contributed by atoms with Gasteiger partial charge in [-0.1, -0.05) is 0 Å². The van der Waals surface area contributed by atoms with Gasteiger partial charge < -0.3 is 0 Å². The van der Waals surface area contributed by atoms with Gasteiger partial charge in [-0.15, -0.1) is 0 Å². The number of para-hydroxylation sites is 2. The molecule has 4 nitrogen and oxygen atoms in total. The van der Waals surface area contributed by atoms with Gasteiger partial charge >= 0.3 is 383 Å². The molecule has 0 saturated heterocycles. The fourth-order valence-corrected chi connectivity index (χ4v) is 18.3. The average Bonchev–Trinajstić information content (AvgIpc) is 3.56. The normalized spacial score (nSPS) is 14.7. The van der Waals surface area contributed by atoms with E-state index in [2.05, 4.69) is 231 Å². The number of anilines is 6. The van der Waals surface area contributed by atoms with Crippen LogP contribution < -0.4 is 25.1 Å². The maximum absolute atomic E-state index is 7.38. The minimum atomic E-state index is -2.87. The van der Waals surface area contributed by atoms with E-state index in [1.165, 1.54) is 88.7 Å². The molecule has 8 aromatic rings. The number of fused-ring (bicyclic) bond motifs is 3. The number of hydrogen-bond acceptors (Lipinski definition) is 3. The van der Waals surface area contributed by atoms with Gasteiger partial charge in [-0.25, -0.2) is 0 Å². The molecular weight excluding hydrogens is 876 g/mol. The third-order valence-corrected chi connectivity index (χ3v) is 21.3. The van der Waals surface area contributed by atoms with Crippen LogP contribution in [0.15, 0.2) is 133 Å². The van der Waals surface area contributed by atoms with Gasteiger partial charge in [-0.2, -0.15) is 0 Å². The molecule has 3 aliphatic heterocycles. The first kappa shape index (κ1) is 40.3. The molecule has 0 aliphatic carbocycles. The molecule has 3 aliphatic rings. The van der Waals surface area contributed by atoms with Crippen molar-refractivity contribution in [3.63, 3.8) is 0 Å². The molecule has 11 rings (SSSR count). The van der Waals surface area contributed by atoms with Crippen molar-refractivity contribution < 1.29 is 4.74 Å². The van der Waals surface area contributed by atoms with Crippen molar-refractivity contribution in [2.24, 2.45) is 0 Å². The molecule has 0 bridgehead atoms. The SMILES string of the molecule is CC(C)(C)c1ccc(N2c3cc(C(C)(C)C)cc4[c]3[Sb]3[c]5c(cc(C(C)(C)C)cc5N(c5ccc(C(C)(C)C)cc5)c5cc(-n6c7ccccc7c7ccccc76)cc2[c]53)O4)cc1. The third-order valence-electron chi connectivity index (χ3n) is 13.6. The zero-order valence-corrected chi connectivity index (χ0v) is 41.5. The molecule has 0 saturated carbocycles. The van der Waals surface area contributed by atoms with E-state index in [9.17, 15) is 0 Å². The van der Waals surface area contributed by atoms with E-state index in [1.54, 1.807) is 0 Å². The summed E-state index contributed by atoms with van der Waals surface area (Å²) in [5.74, 6) is 2.07. The van der Waals surface area contributed by atoms with Crippen molar-refractivity contribution in [2.45, 2.75) is 105 Å². The summed E-state index contributed by atoms with van der Waals surface area (Å²) in [4.78, 5) is 5.20. The second kappa shape index (κ2) is 13.5. The van der Waals surface area contributed by atoms with Crippen LogP contribution in [-0.4, -0.2) is 24.8 Å². The molecule has 5 heteroatoms. The Labute approximate surface area is 381 Å². The average molecular weight is 935 g/mol. The molecule has 0 N–H and O–H groups in total.